The van der Waals surface area contributed by atoms with E-state index in [1.54, 1.807) is 37.6 Å². The van der Waals surface area contributed by atoms with Gasteiger partial charge >= 0.3 is 0 Å². The Labute approximate surface area is 156 Å². The number of nitrogens with zero attached hydrogens (tertiary/aromatic N) is 3. The minimum Gasteiger partial charge on any atom is -0.338 e. The fraction of sp³-hybridized carbons (Fsp3) is 0.200. The third kappa shape index (κ3) is 4.32. The van der Waals surface area contributed by atoms with E-state index in [1.807, 2.05) is 41.8 Å². The summed E-state index contributed by atoms with van der Waals surface area (Å²) in [5.74, 6) is -0.169. The summed E-state index contributed by atoms with van der Waals surface area (Å²) < 4.78 is 0. The van der Waals surface area contributed by atoms with Crippen molar-refractivity contribution in [3.63, 3.8) is 0 Å². The van der Waals surface area contributed by atoms with Crippen molar-refractivity contribution in [1.82, 2.24) is 15.3 Å². The van der Waals surface area contributed by atoms with E-state index in [4.69, 9.17) is 5.26 Å². The molecule has 0 aliphatic heterocycles. The molecule has 0 saturated carbocycles. The zero-order valence-corrected chi connectivity index (χ0v) is 15.4. The Balaban J connectivity index is 1.70. The van der Waals surface area contributed by atoms with E-state index in [2.05, 4.69) is 21.4 Å². The van der Waals surface area contributed by atoms with Crippen molar-refractivity contribution in [2.24, 2.45) is 0 Å². The molecule has 1 N–H and O–H groups in total. The first-order chi connectivity index (χ1) is 12.5. The third-order valence-corrected chi connectivity index (χ3v) is 4.67. The maximum absolute atomic E-state index is 12.0. The van der Waals surface area contributed by atoms with Crippen molar-refractivity contribution in [2.75, 3.05) is 0 Å². The second kappa shape index (κ2) is 7.46. The van der Waals surface area contributed by atoms with E-state index >= 15 is 0 Å². The van der Waals surface area contributed by atoms with Crippen molar-refractivity contribution in [2.45, 2.75) is 25.8 Å². The van der Waals surface area contributed by atoms with Crippen LogP contribution in [0.25, 0.3) is 21.8 Å². The van der Waals surface area contributed by atoms with Gasteiger partial charge in [-0.15, -0.1) is 11.3 Å². The Morgan fingerprint density at radius 3 is 2.50 bits per heavy atom. The zero-order valence-electron chi connectivity index (χ0n) is 14.6. The topological polar surface area (TPSA) is 78.7 Å². The lowest BCUT2D eigenvalue weighted by atomic mass is 10.0. The summed E-state index contributed by atoms with van der Waals surface area (Å²) in [6, 6.07) is 13.7. The predicted molar refractivity (Wildman–Crippen MR) is 102 cm³/mol. The summed E-state index contributed by atoms with van der Waals surface area (Å²) in [7, 11) is 0. The standard InChI is InChI=1S/C20H18N4OS/c1-20(2,13-21)24-18(25)11-14-3-5-15(6-4-14)17-12-26-19(23-17)16-7-9-22-10-8-16/h3-10,12H,11H2,1-2H3,(H,24,25). The van der Waals surface area contributed by atoms with Gasteiger partial charge < -0.3 is 5.32 Å². The van der Waals surface area contributed by atoms with E-state index in [1.165, 1.54) is 0 Å². The van der Waals surface area contributed by atoms with Gasteiger partial charge in [0.05, 0.1) is 18.2 Å². The van der Waals surface area contributed by atoms with Gasteiger partial charge in [0.15, 0.2) is 0 Å². The molecule has 1 amide bonds. The van der Waals surface area contributed by atoms with Gasteiger partial charge in [0.2, 0.25) is 5.91 Å². The molecule has 0 fully saturated rings. The molecular formula is C20H18N4OS. The Morgan fingerprint density at radius 1 is 1.15 bits per heavy atom. The van der Waals surface area contributed by atoms with E-state index in [-0.39, 0.29) is 12.3 Å². The molecule has 0 aliphatic carbocycles. The number of aromatic nitrogens is 2. The zero-order chi connectivity index (χ0) is 18.6. The van der Waals surface area contributed by atoms with Crippen LogP contribution in [0.5, 0.6) is 0 Å². The number of pyridine rings is 1. The Hall–Kier alpha value is -3.04. The quantitative estimate of drug-likeness (QED) is 0.748. The number of nitriles is 1. The van der Waals surface area contributed by atoms with E-state index in [9.17, 15) is 4.79 Å². The van der Waals surface area contributed by atoms with E-state index < -0.39 is 5.54 Å². The molecule has 3 rings (SSSR count). The molecule has 0 unspecified atom stereocenters. The molecule has 6 heteroatoms. The molecule has 0 radical (unpaired) electrons. The van der Waals surface area contributed by atoms with Crippen molar-refractivity contribution in [3.05, 3.63) is 59.7 Å². The van der Waals surface area contributed by atoms with E-state index in [0.717, 1.165) is 27.4 Å². The van der Waals surface area contributed by atoms with Gasteiger partial charge in [0.1, 0.15) is 10.5 Å². The molecule has 0 saturated heterocycles. The summed E-state index contributed by atoms with van der Waals surface area (Å²) in [6.07, 6.45) is 3.75. The molecule has 1 aromatic carbocycles. The van der Waals surface area contributed by atoms with Crippen LogP contribution >= 0.6 is 11.3 Å². The Kier molecular flexibility index (Phi) is 5.10. The smallest absolute Gasteiger partial charge is 0.225 e. The summed E-state index contributed by atoms with van der Waals surface area (Å²) in [6.45, 7) is 3.35. The van der Waals surface area contributed by atoms with Crippen molar-refractivity contribution < 1.29 is 4.79 Å². The summed E-state index contributed by atoms with van der Waals surface area (Å²) in [5.41, 5.74) is 2.99. The van der Waals surface area contributed by atoms with Gasteiger partial charge in [-0.3, -0.25) is 9.78 Å². The van der Waals surface area contributed by atoms with Crippen molar-refractivity contribution in [1.29, 1.82) is 5.26 Å². The van der Waals surface area contributed by atoms with Crippen LogP contribution in [0.2, 0.25) is 0 Å². The minimum absolute atomic E-state index is 0.169. The molecule has 130 valence electrons. The minimum atomic E-state index is -0.860. The SMILES string of the molecule is CC(C)(C#N)NC(=O)Cc1ccc(-c2csc(-c3ccncc3)n2)cc1. The maximum Gasteiger partial charge on any atom is 0.225 e. The van der Waals surface area contributed by atoms with Crippen LogP contribution in [0, 0.1) is 11.3 Å². The van der Waals surface area contributed by atoms with Gasteiger partial charge in [-0.05, 0) is 31.5 Å². The van der Waals surface area contributed by atoms with Gasteiger partial charge in [-0.1, -0.05) is 24.3 Å². The second-order valence-corrected chi connectivity index (χ2v) is 7.29. The normalized spacial score (nSPS) is 11.0. The summed E-state index contributed by atoms with van der Waals surface area (Å²) in [5, 5.41) is 14.7. The Morgan fingerprint density at radius 2 is 1.85 bits per heavy atom. The highest BCUT2D eigenvalue weighted by atomic mass is 32.1. The lowest BCUT2D eigenvalue weighted by molar-refractivity contribution is -0.121. The van der Waals surface area contributed by atoms with Gasteiger partial charge in [0, 0.05) is 28.9 Å². The predicted octanol–water partition coefficient (Wildman–Crippen LogP) is 3.83. The van der Waals surface area contributed by atoms with Crippen LogP contribution in [-0.2, 0) is 11.2 Å². The number of thiazole rings is 1. The number of carbonyl (C=O) groups is 1. The molecule has 3 aromatic rings. The lowest BCUT2D eigenvalue weighted by Crippen LogP contribution is -2.42. The van der Waals surface area contributed by atoms with Crippen molar-refractivity contribution in [3.8, 4) is 27.9 Å². The van der Waals surface area contributed by atoms with E-state index in [0.29, 0.717) is 0 Å². The van der Waals surface area contributed by atoms with Crippen LogP contribution in [-0.4, -0.2) is 21.4 Å². The highest BCUT2D eigenvalue weighted by Crippen LogP contribution is 2.28. The van der Waals surface area contributed by atoms with Gasteiger partial charge in [-0.25, -0.2) is 4.98 Å². The maximum atomic E-state index is 12.0. The molecule has 2 aromatic heterocycles. The first-order valence-electron chi connectivity index (χ1n) is 8.14. The molecule has 26 heavy (non-hydrogen) atoms. The van der Waals surface area contributed by atoms with Crippen LogP contribution in [0.4, 0.5) is 0 Å². The monoisotopic (exact) mass is 362 g/mol. The second-order valence-electron chi connectivity index (χ2n) is 6.43. The van der Waals surface area contributed by atoms with Crippen LogP contribution in [0.3, 0.4) is 0 Å². The number of hydrogen-bond donors (Lipinski definition) is 1. The van der Waals surface area contributed by atoms with Crippen LogP contribution in [0.15, 0.2) is 54.2 Å². The van der Waals surface area contributed by atoms with Gasteiger partial charge in [-0.2, -0.15) is 5.26 Å². The van der Waals surface area contributed by atoms with Gasteiger partial charge in [0.25, 0.3) is 0 Å². The Bertz CT molecular complexity index is 940. The first kappa shape index (κ1) is 17.8. The largest absolute Gasteiger partial charge is 0.338 e. The highest BCUT2D eigenvalue weighted by molar-refractivity contribution is 7.13. The molecule has 0 aliphatic rings. The lowest BCUT2D eigenvalue weighted by Gasteiger charge is -2.17. The number of benzene rings is 1. The highest BCUT2D eigenvalue weighted by Gasteiger charge is 2.19. The number of nitrogens with one attached hydrogen (secondary N) is 1. The molecule has 5 nitrogen and oxygen atoms in total. The van der Waals surface area contributed by atoms with Crippen molar-refractivity contribution >= 4 is 17.2 Å². The molecule has 2 heterocycles. The van der Waals surface area contributed by atoms with Crippen LogP contribution < -0.4 is 5.32 Å². The average molecular weight is 362 g/mol. The summed E-state index contributed by atoms with van der Waals surface area (Å²) >= 11 is 1.59. The average Bonchev–Trinajstić information content (AvgIpc) is 3.13. The molecule has 0 bridgehead atoms. The third-order valence-electron chi connectivity index (χ3n) is 3.78. The first-order valence-corrected chi connectivity index (χ1v) is 9.02. The summed E-state index contributed by atoms with van der Waals surface area (Å²) in [4.78, 5) is 20.7. The number of carbonyl (C=O) groups excluding carboxylic acids is 1. The fourth-order valence-corrected chi connectivity index (χ4v) is 3.27. The molecular weight excluding hydrogens is 344 g/mol. The van der Waals surface area contributed by atoms with Crippen LogP contribution in [0.1, 0.15) is 19.4 Å². The molecule has 0 spiro atoms. The fourth-order valence-electron chi connectivity index (χ4n) is 2.43. The molecule has 0 atom stereocenters. The number of amides is 1. The number of rotatable bonds is 5. The number of hydrogen-bond acceptors (Lipinski definition) is 5.